The first kappa shape index (κ1) is 16.0. The fourth-order valence-electron chi connectivity index (χ4n) is 1.30. The zero-order valence-corrected chi connectivity index (χ0v) is 10.6. The maximum atomic E-state index is 11.6. The molecule has 0 fully saturated rings. The highest BCUT2D eigenvalue weighted by Crippen LogP contribution is 1.95. The Balaban J connectivity index is 0.000000437. The summed E-state index contributed by atoms with van der Waals surface area (Å²) in [6.45, 7) is 5.60. The van der Waals surface area contributed by atoms with E-state index < -0.39 is 0 Å². The molecular formula is C13H23FN2O. The van der Waals surface area contributed by atoms with Crippen molar-refractivity contribution in [1.29, 1.82) is 0 Å². The van der Waals surface area contributed by atoms with Crippen molar-refractivity contribution in [3.05, 3.63) is 24.3 Å². The molecule has 0 amide bonds. The van der Waals surface area contributed by atoms with E-state index in [1.54, 1.807) is 18.2 Å². The molecule has 4 heteroatoms. The smallest absolute Gasteiger partial charge is 0.108 e. The Kier molecular flexibility index (Phi) is 12.3. The van der Waals surface area contributed by atoms with Crippen LogP contribution in [0.25, 0.3) is 0 Å². The van der Waals surface area contributed by atoms with Crippen molar-refractivity contribution in [3.8, 4) is 0 Å². The second-order valence-corrected chi connectivity index (χ2v) is 3.56. The van der Waals surface area contributed by atoms with Crippen LogP contribution in [0.2, 0.25) is 0 Å². The molecule has 1 aliphatic rings. The number of aliphatic hydroxyl groups excluding tert-OH is 1. The summed E-state index contributed by atoms with van der Waals surface area (Å²) in [6.07, 6.45) is 9.84. The van der Waals surface area contributed by atoms with Gasteiger partial charge in [0, 0.05) is 25.8 Å². The number of hydrogen-bond donors (Lipinski definition) is 1. The first-order valence-electron chi connectivity index (χ1n) is 5.98. The second kappa shape index (κ2) is 13.1. The Hall–Kier alpha value is -1.00. The summed E-state index contributed by atoms with van der Waals surface area (Å²) in [5, 5.41) is 7.98. The van der Waals surface area contributed by atoms with E-state index in [0.717, 1.165) is 32.6 Å². The summed E-state index contributed by atoms with van der Waals surface area (Å²) < 4.78 is 11.6. The minimum atomic E-state index is -0.346. The third-order valence-corrected chi connectivity index (χ3v) is 2.22. The monoisotopic (exact) mass is 242 g/mol. The van der Waals surface area contributed by atoms with E-state index in [0.29, 0.717) is 0 Å². The molecule has 1 heterocycles. The summed E-state index contributed by atoms with van der Waals surface area (Å²) >= 11 is 0. The van der Waals surface area contributed by atoms with Crippen LogP contribution in [0, 0.1) is 0 Å². The molecule has 0 radical (unpaired) electrons. The molecule has 0 bridgehead atoms. The number of alkyl halides is 1. The molecule has 3 nitrogen and oxygen atoms in total. The largest absolute Gasteiger partial charge is 0.392 e. The number of aliphatic hydroxyl groups is 1. The van der Waals surface area contributed by atoms with Crippen LogP contribution in [0.3, 0.4) is 0 Å². The third kappa shape index (κ3) is 11.3. The number of allylic oxidation sites excluding steroid dienone is 2. The van der Waals surface area contributed by atoms with Crippen LogP contribution in [-0.2, 0) is 0 Å². The van der Waals surface area contributed by atoms with Gasteiger partial charge in [0.05, 0.1) is 13.2 Å². The molecule has 17 heavy (non-hydrogen) atoms. The lowest BCUT2D eigenvalue weighted by molar-refractivity contribution is 0.319. The molecule has 98 valence electrons. The second-order valence-electron chi connectivity index (χ2n) is 3.56. The first-order valence-corrected chi connectivity index (χ1v) is 5.98. The van der Waals surface area contributed by atoms with E-state index in [1.165, 1.54) is 0 Å². The van der Waals surface area contributed by atoms with Gasteiger partial charge in [-0.15, -0.1) is 0 Å². The Morgan fingerprint density at radius 1 is 1.41 bits per heavy atom. The Bertz CT molecular complexity index is 240. The summed E-state index contributed by atoms with van der Waals surface area (Å²) in [7, 11) is 0. The molecule has 1 aliphatic heterocycles. The normalized spacial score (nSPS) is 16.4. The van der Waals surface area contributed by atoms with Crippen molar-refractivity contribution in [3.63, 3.8) is 0 Å². The molecule has 1 N–H and O–H groups in total. The van der Waals surface area contributed by atoms with Gasteiger partial charge in [0.25, 0.3) is 0 Å². The fourth-order valence-corrected chi connectivity index (χ4v) is 1.30. The van der Waals surface area contributed by atoms with E-state index >= 15 is 0 Å². The van der Waals surface area contributed by atoms with Gasteiger partial charge in [-0.2, -0.15) is 0 Å². The lowest BCUT2D eigenvalue weighted by Gasteiger charge is -2.21. The Morgan fingerprint density at radius 2 is 2.24 bits per heavy atom. The molecule has 0 saturated heterocycles. The van der Waals surface area contributed by atoms with E-state index in [-0.39, 0.29) is 13.3 Å². The summed E-state index contributed by atoms with van der Waals surface area (Å²) in [4.78, 5) is 6.44. The van der Waals surface area contributed by atoms with Crippen LogP contribution in [0.5, 0.6) is 0 Å². The molecule has 0 aromatic carbocycles. The number of rotatable bonds is 5. The SMILES string of the molecule is C/C=C/CO.FC/C=C/CCN1CC=NCC1. The lowest BCUT2D eigenvalue weighted by Crippen LogP contribution is -2.32. The molecule has 0 unspecified atom stereocenters. The van der Waals surface area contributed by atoms with Crippen molar-refractivity contribution in [2.24, 2.45) is 4.99 Å². The topological polar surface area (TPSA) is 35.8 Å². The maximum absolute atomic E-state index is 11.6. The molecular weight excluding hydrogens is 219 g/mol. The van der Waals surface area contributed by atoms with Gasteiger partial charge < -0.3 is 5.11 Å². The average molecular weight is 242 g/mol. The van der Waals surface area contributed by atoms with E-state index in [4.69, 9.17) is 5.11 Å². The average Bonchev–Trinajstić information content (AvgIpc) is 2.38. The van der Waals surface area contributed by atoms with Crippen LogP contribution >= 0.6 is 0 Å². The number of nitrogens with zero attached hydrogens (tertiary/aromatic N) is 2. The van der Waals surface area contributed by atoms with E-state index in [2.05, 4.69) is 9.89 Å². The van der Waals surface area contributed by atoms with Gasteiger partial charge in [-0.25, -0.2) is 4.39 Å². The number of aliphatic imine (C=N–C) groups is 1. The van der Waals surface area contributed by atoms with Crippen molar-refractivity contribution >= 4 is 6.21 Å². The molecule has 0 aromatic rings. The standard InChI is InChI=1S/C9H15FN2.C4H8O/c10-4-2-1-3-7-12-8-5-11-6-9-12;1-2-3-4-5/h1-2,5H,3-4,6-9H2;2-3,5H,4H2,1H3/b2-1+;3-2+. The lowest BCUT2D eigenvalue weighted by atomic mass is 10.3. The predicted octanol–water partition coefficient (Wildman–Crippen LogP) is 1.84. The molecule has 0 atom stereocenters. The summed E-state index contributed by atoms with van der Waals surface area (Å²) in [5.41, 5.74) is 0. The number of halogens is 1. The highest BCUT2D eigenvalue weighted by molar-refractivity contribution is 5.60. The highest BCUT2D eigenvalue weighted by atomic mass is 19.1. The van der Waals surface area contributed by atoms with E-state index in [9.17, 15) is 4.39 Å². The summed E-state index contributed by atoms with van der Waals surface area (Å²) in [6, 6.07) is 0. The fraction of sp³-hybridized carbons (Fsp3) is 0.615. The van der Waals surface area contributed by atoms with Crippen molar-refractivity contribution in [2.45, 2.75) is 13.3 Å². The van der Waals surface area contributed by atoms with Gasteiger partial charge in [0.15, 0.2) is 0 Å². The highest BCUT2D eigenvalue weighted by Gasteiger charge is 2.03. The molecule has 0 saturated carbocycles. The van der Waals surface area contributed by atoms with Crippen LogP contribution in [0.15, 0.2) is 29.3 Å². The van der Waals surface area contributed by atoms with Gasteiger partial charge in [0.2, 0.25) is 0 Å². The van der Waals surface area contributed by atoms with Crippen molar-refractivity contribution in [2.75, 3.05) is 39.5 Å². The predicted molar refractivity (Wildman–Crippen MR) is 71.4 cm³/mol. The zero-order chi connectivity index (χ0) is 12.8. The minimum absolute atomic E-state index is 0.163. The van der Waals surface area contributed by atoms with Gasteiger partial charge in [0.1, 0.15) is 6.67 Å². The molecule has 0 aliphatic carbocycles. The van der Waals surface area contributed by atoms with E-state index in [1.807, 2.05) is 19.2 Å². The third-order valence-electron chi connectivity index (χ3n) is 2.22. The van der Waals surface area contributed by atoms with Gasteiger partial charge in [-0.05, 0) is 13.3 Å². The van der Waals surface area contributed by atoms with Gasteiger partial charge in [-0.3, -0.25) is 9.89 Å². The number of hydrogen-bond acceptors (Lipinski definition) is 3. The van der Waals surface area contributed by atoms with Crippen LogP contribution in [0.4, 0.5) is 4.39 Å². The van der Waals surface area contributed by atoms with Crippen molar-refractivity contribution < 1.29 is 9.50 Å². The van der Waals surface area contributed by atoms with Gasteiger partial charge >= 0.3 is 0 Å². The van der Waals surface area contributed by atoms with Crippen LogP contribution in [0.1, 0.15) is 13.3 Å². The van der Waals surface area contributed by atoms with Crippen LogP contribution in [-0.4, -0.2) is 55.7 Å². The Labute approximate surface area is 103 Å². The molecule has 1 rings (SSSR count). The Morgan fingerprint density at radius 3 is 2.71 bits per heavy atom. The van der Waals surface area contributed by atoms with Gasteiger partial charge in [-0.1, -0.05) is 24.3 Å². The molecule has 0 spiro atoms. The summed E-state index contributed by atoms with van der Waals surface area (Å²) in [5.74, 6) is 0. The zero-order valence-electron chi connectivity index (χ0n) is 10.6. The molecule has 0 aromatic heterocycles. The van der Waals surface area contributed by atoms with Crippen LogP contribution < -0.4 is 0 Å². The first-order chi connectivity index (χ1) is 8.35. The maximum Gasteiger partial charge on any atom is 0.108 e. The quantitative estimate of drug-likeness (QED) is 0.747. The minimum Gasteiger partial charge on any atom is -0.392 e. The van der Waals surface area contributed by atoms with Crippen molar-refractivity contribution in [1.82, 2.24) is 4.90 Å².